The highest BCUT2D eigenvalue weighted by atomic mass is 35.5. The van der Waals surface area contributed by atoms with Gasteiger partial charge in [-0.15, -0.1) is 0 Å². The molecular weight excluding hydrogens is 873 g/mol. The van der Waals surface area contributed by atoms with Crippen molar-refractivity contribution in [2.75, 3.05) is 20.8 Å². The van der Waals surface area contributed by atoms with E-state index in [0.29, 0.717) is 62.5 Å². The van der Waals surface area contributed by atoms with E-state index in [4.69, 9.17) is 51.6 Å². The first-order valence-corrected chi connectivity index (χ1v) is 21.5. The molecule has 0 bridgehead atoms. The van der Waals surface area contributed by atoms with Gasteiger partial charge in [0.05, 0.1) is 24.3 Å². The molecule has 334 valence electrons. The van der Waals surface area contributed by atoms with Crippen molar-refractivity contribution in [1.29, 1.82) is 0 Å². The molecule has 5 aromatic carbocycles. The van der Waals surface area contributed by atoms with Crippen LogP contribution in [0.15, 0.2) is 109 Å². The minimum Gasteiger partial charge on any atom is -0.493 e. The van der Waals surface area contributed by atoms with E-state index in [-0.39, 0.29) is 31.6 Å². The van der Waals surface area contributed by atoms with Gasteiger partial charge in [0.2, 0.25) is 5.91 Å². The van der Waals surface area contributed by atoms with Crippen molar-refractivity contribution < 1.29 is 47.9 Å². The molecule has 2 aliphatic rings. The van der Waals surface area contributed by atoms with Gasteiger partial charge in [-0.2, -0.15) is 0 Å². The lowest BCUT2D eigenvalue weighted by atomic mass is 9.91. The molecule has 2 aliphatic heterocycles. The zero-order valence-corrected chi connectivity index (χ0v) is 37.4. The third-order valence-corrected chi connectivity index (χ3v) is 12.2. The van der Waals surface area contributed by atoms with E-state index >= 15 is 0 Å². The van der Waals surface area contributed by atoms with Crippen molar-refractivity contribution in [3.63, 3.8) is 0 Å². The van der Waals surface area contributed by atoms with Gasteiger partial charge in [-0.1, -0.05) is 53.5 Å². The number of pyridine rings is 1. The van der Waals surface area contributed by atoms with Gasteiger partial charge in [-0.05, 0) is 114 Å². The van der Waals surface area contributed by atoms with Gasteiger partial charge in [0, 0.05) is 42.4 Å². The second-order valence-electron chi connectivity index (χ2n) is 15.7. The van der Waals surface area contributed by atoms with E-state index in [1.54, 1.807) is 66.9 Å². The number of carbonyl (C=O) groups is 3. The van der Waals surface area contributed by atoms with Gasteiger partial charge < -0.3 is 43.7 Å². The van der Waals surface area contributed by atoms with Crippen LogP contribution in [-0.4, -0.2) is 65.7 Å². The number of methoxy groups -OCH3 is 2. The lowest BCUT2D eigenvalue weighted by Gasteiger charge is -2.37. The average Bonchev–Trinajstić information content (AvgIpc) is 3.32. The SMILES string of the molecule is COc1ccc(C(=O)N2Cc3cc4c(cc3CC2C(=O)NC(Cc2ccc(Oc3ccnc(C)c3C)cc2)C(=O)O)OCC(c2ccc(OCc3ccc(Cl)c(Cl)c3)cc2)O4)cc1OC. The summed E-state index contributed by atoms with van der Waals surface area (Å²) in [6, 6.07) is 27.7. The quantitative estimate of drug-likeness (QED) is 0.107. The highest BCUT2D eigenvalue weighted by Crippen LogP contribution is 2.41. The number of aromatic nitrogens is 1. The topological polar surface area (TPSA) is 155 Å². The van der Waals surface area contributed by atoms with Crippen molar-refractivity contribution in [1.82, 2.24) is 15.2 Å². The van der Waals surface area contributed by atoms with Crippen molar-refractivity contribution in [2.45, 2.75) is 58.0 Å². The number of amides is 2. The number of nitrogens with zero attached hydrogens (tertiary/aromatic N) is 2. The van der Waals surface area contributed by atoms with Crippen LogP contribution >= 0.6 is 23.2 Å². The van der Waals surface area contributed by atoms with Crippen molar-refractivity contribution in [3.05, 3.63) is 164 Å². The Morgan fingerprint density at radius 3 is 2.26 bits per heavy atom. The molecule has 2 amide bonds. The summed E-state index contributed by atoms with van der Waals surface area (Å²) in [5.74, 6) is 1.30. The molecule has 1 aromatic heterocycles. The number of nitrogens with one attached hydrogen (secondary N) is 1. The summed E-state index contributed by atoms with van der Waals surface area (Å²) >= 11 is 12.2. The number of ether oxygens (including phenoxy) is 6. The number of carbonyl (C=O) groups excluding carboxylic acids is 2. The molecule has 0 saturated carbocycles. The number of aliphatic carboxylic acids is 1. The van der Waals surface area contributed by atoms with Gasteiger partial charge in [0.1, 0.15) is 42.5 Å². The summed E-state index contributed by atoms with van der Waals surface area (Å²) in [5.41, 5.74) is 5.91. The fraction of sp³-hybridized carbons (Fsp3) is 0.240. The Labute approximate surface area is 385 Å². The number of aryl methyl sites for hydroxylation is 1. The van der Waals surface area contributed by atoms with Crippen molar-refractivity contribution in [2.24, 2.45) is 0 Å². The summed E-state index contributed by atoms with van der Waals surface area (Å²) < 4.78 is 35.6. The minimum atomic E-state index is -1.31. The molecule has 65 heavy (non-hydrogen) atoms. The molecule has 3 unspecified atom stereocenters. The van der Waals surface area contributed by atoms with Crippen LogP contribution in [0.3, 0.4) is 0 Å². The number of hydrogen-bond donors (Lipinski definition) is 2. The Morgan fingerprint density at radius 1 is 0.815 bits per heavy atom. The van der Waals surface area contributed by atoms with Crippen LogP contribution in [0.1, 0.15) is 55.5 Å². The van der Waals surface area contributed by atoms with Gasteiger partial charge in [-0.25, -0.2) is 4.79 Å². The predicted octanol–water partition coefficient (Wildman–Crippen LogP) is 9.29. The molecule has 15 heteroatoms. The van der Waals surface area contributed by atoms with Crippen LogP contribution in [0.2, 0.25) is 10.0 Å². The number of halogens is 2. The smallest absolute Gasteiger partial charge is 0.326 e. The first-order chi connectivity index (χ1) is 31.4. The summed E-state index contributed by atoms with van der Waals surface area (Å²) in [7, 11) is 2.96. The maximum atomic E-state index is 14.5. The number of carboxylic acids is 1. The zero-order chi connectivity index (χ0) is 45.8. The summed E-state index contributed by atoms with van der Waals surface area (Å²) in [6.07, 6.45) is 1.29. The van der Waals surface area contributed by atoms with E-state index in [0.717, 1.165) is 33.5 Å². The van der Waals surface area contributed by atoms with Gasteiger partial charge in [-0.3, -0.25) is 14.6 Å². The lowest BCUT2D eigenvalue weighted by molar-refractivity contribution is -0.142. The van der Waals surface area contributed by atoms with Crippen LogP contribution in [-0.2, 0) is 35.6 Å². The van der Waals surface area contributed by atoms with E-state index < -0.39 is 36.0 Å². The van der Waals surface area contributed by atoms with Crippen LogP contribution < -0.4 is 33.7 Å². The summed E-state index contributed by atoms with van der Waals surface area (Å²) in [4.78, 5) is 47.2. The Kier molecular flexibility index (Phi) is 13.3. The van der Waals surface area contributed by atoms with Gasteiger partial charge in [0.15, 0.2) is 29.1 Å². The Hall–Kier alpha value is -6.96. The zero-order valence-electron chi connectivity index (χ0n) is 35.9. The normalized spacial score (nSPS) is 15.6. The number of hydrogen-bond acceptors (Lipinski definition) is 10. The molecule has 0 spiro atoms. The number of fused-ring (bicyclic) bond motifs is 2. The molecule has 0 fully saturated rings. The second kappa shape index (κ2) is 19.4. The molecular formula is C50H45Cl2N3O10. The van der Waals surface area contributed by atoms with Crippen LogP contribution in [0, 0.1) is 13.8 Å². The third-order valence-electron chi connectivity index (χ3n) is 11.5. The number of benzene rings is 5. The first kappa shape index (κ1) is 44.6. The standard InChI is InChI=1S/C50H45Cl2N3O10/c1-28-29(2)53-18-17-42(28)64-37-11-5-30(6-12-37)20-40(50(58)59)54-48(56)41-21-34-23-45-46(24-35(34)25-55(41)49(57)33-10-16-43(60-3)44(22-33)61-4)65-47(27-63-45)32-8-13-36(14-9-32)62-26-31-7-15-38(51)39(52)19-31/h5-19,22-24,40-41,47H,20-21,25-27H2,1-4H3,(H,54,56)(H,58,59). The fourth-order valence-electron chi connectivity index (χ4n) is 7.72. The average molecular weight is 919 g/mol. The molecule has 3 atom stereocenters. The molecule has 3 heterocycles. The first-order valence-electron chi connectivity index (χ1n) is 20.7. The molecule has 0 saturated heterocycles. The van der Waals surface area contributed by atoms with Gasteiger partial charge >= 0.3 is 5.97 Å². The second-order valence-corrected chi connectivity index (χ2v) is 16.5. The van der Waals surface area contributed by atoms with E-state index in [9.17, 15) is 19.5 Å². The highest BCUT2D eigenvalue weighted by molar-refractivity contribution is 6.42. The number of rotatable bonds is 14. The maximum absolute atomic E-state index is 14.5. The van der Waals surface area contributed by atoms with Crippen LogP contribution in [0.25, 0.3) is 0 Å². The molecule has 8 rings (SSSR count). The Bertz CT molecular complexity index is 2750. The molecule has 0 aliphatic carbocycles. The molecule has 0 radical (unpaired) electrons. The molecule has 13 nitrogen and oxygen atoms in total. The Balaban J connectivity index is 1.00. The molecule has 6 aromatic rings. The lowest BCUT2D eigenvalue weighted by Crippen LogP contribution is -2.56. The van der Waals surface area contributed by atoms with E-state index in [2.05, 4.69) is 10.3 Å². The monoisotopic (exact) mass is 917 g/mol. The predicted molar refractivity (Wildman–Crippen MR) is 243 cm³/mol. The van der Waals surface area contributed by atoms with Crippen LogP contribution in [0.4, 0.5) is 0 Å². The molecule has 2 N–H and O–H groups in total. The van der Waals surface area contributed by atoms with Crippen molar-refractivity contribution >= 4 is 41.0 Å². The summed E-state index contributed by atoms with van der Waals surface area (Å²) in [5, 5.41) is 14.0. The Morgan fingerprint density at radius 2 is 1.54 bits per heavy atom. The van der Waals surface area contributed by atoms with Gasteiger partial charge in [0.25, 0.3) is 5.91 Å². The van der Waals surface area contributed by atoms with Crippen molar-refractivity contribution in [3.8, 4) is 40.2 Å². The fourth-order valence-corrected chi connectivity index (χ4v) is 8.05. The minimum absolute atomic E-state index is 0.0163. The largest absolute Gasteiger partial charge is 0.493 e. The number of carboxylic acid groups (broad SMARTS) is 1. The highest BCUT2D eigenvalue weighted by Gasteiger charge is 2.38. The van der Waals surface area contributed by atoms with E-state index in [1.165, 1.54) is 19.1 Å². The van der Waals surface area contributed by atoms with Crippen LogP contribution in [0.5, 0.6) is 40.2 Å². The summed E-state index contributed by atoms with van der Waals surface area (Å²) in [6.45, 7) is 4.37. The van der Waals surface area contributed by atoms with E-state index in [1.807, 2.05) is 56.3 Å². The maximum Gasteiger partial charge on any atom is 0.326 e. The third kappa shape index (κ3) is 10.1.